The van der Waals surface area contributed by atoms with Crippen molar-refractivity contribution in [1.82, 2.24) is 15.3 Å². The number of H-pyrrole nitrogens is 1. The summed E-state index contributed by atoms with van der Waals surface area (Å²) in [6.07, 6.45) is 6.86. The number of nitrogens with zero attached hydrogens (tertiary/aromatic N) is 1. The van der Waals surface area contributed by atoms with E-state index < -0.39 is 0 Å². The number of aromatic amines is 1. The van der Waals surface area contributed by atoms with Crippen molar-refractivity contribution in [2.45, 2.75) is 32.2 Å². The Morgan fingerprint density at radius 2 is 1.97 bits per heavy atom. The summed E-state index contributed by atoms with van der Waals surface area (Å²) in [6.45, 7) is 2.62. The van der Waals surface area contributed by atoms with Gasteiger partial charge in [0.05, 0.1) is 7.11 Å². The third-order valence-corrected chi connectivity index (χ3v) is 5.71. The van der Waals surface area contributed by atoms with Gasteiger partial charge in [-0.3, -0.25) is 9.78 Å². The van der Waals surface area contributed by atoms with Crippen LogP contribution in [0, 0.1) is 0 Å². The SMILES string of the molecule is CCc1cccc2c(C(CC(=O)NCc3cccnc3)c3ccc(OC)cc3)c[nH]c12. The first-order valence-corrected chi connectivity index (χ1v) is 10.6. The van der Waals surface area contributed by atoms with E-state index in [1.807, 2.05) is 42.6 Å². The number of hydrogen-bond acceptors (Lipinski definition) is 3. The Balaban J connectivity index is 1.64. The maximum Gasteiger partial charge on any atom is 0.221 e. The molecule has 2 heterocycles. The molecule has 2 aromatic heterocycles. The van der Waals surface area contributed by atoms with Crippen molar-refractivity contribution in [2.75, 3.05) is 7.11 Å². The van der Waals surface area contributed by atoms with Crippen LogP contribution in [-0.2, 0) is 17.8 Å². The number of amides is 1. The lowest BCUT2D eigenvalue weighted by molar-refractivity contribution is -0.121. The van der Waals surface area contributed by atoms with Crippen molar-refractivity contribution >= 4 is 16.8 Å². The number of ether oxygens (including phenoxy) is 1. The first kappa shape index (κ1) is 20.7. The molecule has 5 nitrogen and oxygen atoms in total. The predicted molar refractivity (Wildman–Crippen MR) is 123 cm³/mol. The maximum atomic E-state index is 12.9. The normalized spacial score (nSPS) is 11.9. The summed E-state index contributed by atoms with van der Waals surface area (Å²) < 4.78 is 5.32. The van der Waals surface area contributed by atoms with E-state index in [2.05, 4.69) is 40.4 Å². The molecule has 4 rings (SSSR count). The van der Waals surface area contributed by atoms with Gasteiger partial charge >= 0.3 is 0 Å². The summed E-state index contributed by atoms with van der Waals surface area (Å²) >= 11 is 0. The topological polar surface area (TPSA) is 67.0 Å². The fraction of sp³-hybridized carbons (Fsp3) is 0.231. The van der Waals surface area contributed by atoms with Crippen LogP contribution in [0.4, 0.5) is 0 Å². The van der Waals surface area contributed by atoms with Gasteiger partial charge in [0.15, 0.2) is 0 Å². The molecule has 1 atom stereocenters. The fourth-order valence-corrected chi connectivity index (χ4v) is 4.03. The molecule has 2 aromatic carbocycles. The molecular weight excluding hydrogens is 386 g/mol. The molecule has 0 radical (unpaired) electrons. The second-order valence-corrected chi connectivity index (χ2v) is 7.61. The Morgan fingerprint density at radius 3 is 2.68 bits per heavy atom. The van der Waals surface area contributed by atoms with Gasteiger partial charge in [0.1, 0.15) is 5.75 Å². The second kappa shape index (κ2) is 9.47. The standard InChI is InChI=1S/C26H27N3O2/c1-3-19-7-4-8-22-24(17-29-26(19)22)23(20-9-11-21(31-2)12-10-20)14-25(30)28-16-18-6-5-13-27-15-18/h4-13,15,17,23,29H,3,14,16H2,1-2H3,(H,28,30). The van der Waals surface area contributed by atoms with Gasteiger partial charge in [-0.05, 0) is 46.9 Å². The average molecular weight is 414 g/mol. The van der Waals surface area contributed by atoms with Gasteiger partial charge in [-0.2, -0.15) is 0 Å². The van der Waals surface area contributed by atoms with Gasteiger partial charge in [0.25, 0.3) is 0 Å². The molecule has 2 N–H and O–H groups in total. The van der Waals surface area contributed by atoms with Crippen LogP contribution < -0.4 is 10.1 Å². The van der Waals surface area contributed by atoms with Crippen molar-refractivity contribution in [2.24, 2.45) is 0 Å². The number of hydrogen-bond donors (Lipinski definition) is 2. The van der Waals surface area contributed by atoms with Crippen molar-refractivity contribution in [1.29, 1.82) is 0 Å². The zero-order chi connectivity index (χ0) is 21.6. The lowest BCUT2D eigenvalue weighted by Gasteiger charge is -2.18. The number of aromatic nitrogens is 2. The van der Waals surface area contributed by atoms with Crippen LogP contribution in [0.1, 0.15) is 41.5 Å². The summed E-state index contributed by atoms with van der Waals surface area (Å²) in [5.41, 5.74) is 5.62. The van der Waals surface area contributed by atoms with E-state index in [0.29, 0.717) is 13.0 Å². The van der Waals surface area contributed by atoms with E-state index in [9.17, 15) is 4.79 Å². The van der Waals surface area contributed by atoms with Gasteiger partial charge < -0.3 is 15.0 Å². The molecule has 0 bridgehead atoms. The lowest BCUT2D eigenvalue weighted by atomic mass is 9.87. The second-order valence-electron chi connectivity index (χ2n) is 7.61. The number of methoxy groups -OCH3 is 1. The zero-order valence-corrected chi connectivity index (χ0v) is 17.9. The van der Waals surface area contributed by atoms with Crippen LogP contribution in [0.2, 0.25) is 0 Å². The van der Waals surface area contributed by atoms with Gasteiger partial charge in [-0.1, -0.05) is 43.3 Å². The Morgan fingerprint density at radius 1 is 1.13 bits per heavy atom. The first-order chi connectivity index (χ1) is 15.2. The number of para-hydroxylation sites is 1. The minimum atomic E-state index is -0.0688. The minimum Gasteiger partial charge on any atom is -0.497 e. The van der Waals surface area contributed by atoms with Crippen molar-refractivity contribution in [3.8, 4) is 5.75 Å². The summed E-state index contributed by atoms with van der Waals surface area (Å²) in [5.74, 6) is 0.738. The Hall–Kier alpha value is -3.60. The molecule has 5 heteroatoms. The quantitative estimate of drug-likeness (QED) is 0.428. The third kappa shape index (κ3) is 4.61. The molecule has 158 valence electrons. The highest BCUT2D eigenvalue weighted by atomic mass is 16.5. The first-order valence-electron chi connectivity index (χ1n) is 10.6. The molecule has 0 aliphatic rings. The van der Waals surface area contributed by atoms with E-state index in [0.717, 1.165) is 34.4 Å². The van der Waals surface area contributed by atoms with Crippen molar-refractivity contribution < 1.29 is 9.53 Å². The number of pyridine rings is 1. The Bertz CT molecular complexity index is 1150. The van der Waals surface area contributed by atoms with E-state index in [1.165, 1.54) is 10.9 Å². The molecule has 0 spiro atoms. The highest BCUT2D eigenvalue weighted by molar-refractivity contribution is 5.88. The molecule has 1 amide bonds. The van der Waals surface area contributed by atoms with Crippen molar-refractivity contribution in [3.63, 3.8) is 0 Å². The van der Waals surface area contributed by atoms with Crippen LogP contribution in [0.15, 0.2) is 73.2 Å². The van der Waals surface area contributed by atoms with Gasteiger partial charge in [-0.15, -0.1) is 0 Å². The molecule has 31 heavy (non-hydrogen) atoms. The summed E-state index contributed by atoms with van der Waals surface area (Å²) in [7, 11) is 1.66. The van der Waals surface area contributed by atoms with Gasteiger partial charge in [0.2, 0.25) is 5.91 Å². The number of fused-ring (bicyclic) bond motifs is 1. The number of rotatable bonds is 8. The van der Waals surface area contributed by atoms with Crippen LogP contribution in [0.3, 0.4) is 0 Å². The van der Waals surface area contributed by atoms with Crippen LogP contribution in [0.25, 0.3) is 10.9 Å². The highest BCUT2D eigenvalue weighted by Crippen LogP contribution is 2.35. The molecular formula is C26H27N3O2. The smallest absolute Gasteiger partial charge is 0.221 e. The van der Waals surface area contributed by atoms with Gasteiger partial charge in [0, 0.05) is 48.4 Å². The number of carbonyl (C=O) groups is 1. The van der Waals surface area contributed by atoms with E-state index in [4.69, 9.17) is 4.74 Å². The number of benzene rings is 2. The van der Waals surface area contributed by atoms with Crippen LogP contribution in [0.5, 0.6) is 5.75 Å². The molecule has 1 unspecified atom stereocenters. The Labute approximate surface area is 182 Å². The maximum absolute atomic E-state index is 12.9. The summed E-state index contributed by atoms with van der Waals surface area (Å²) in [5, 5.41) is 4.21. The molecule has 0 aliphatic heterocycles. The summed E-state index contributed by atoms with van der Waals surface area (Å²) in [6, 6.07) is 18.2. The predicted octanol–water partition coefficient (Wildman–Crippen LogP) is 4.97. The van der Waals surface area contributed by atoms with Crippen LogP contribution in [-0.4, -0.2) is 23.0 Å². The van der Waals surface area contributed by atoms with Gasteiger partial charge in [-0.25, -0.2) is 0 Å². The number of aryl methyl sites for hydroxylation is 1. The van der Waals surface area contributed by atoms with E-state index >= 15 is 0 Å². The number of nitrogens with one attached hydrogen (secondary N) is 2. The van der Waals surface area contributed by atoms with Crippen LogP contribution >= 0.6 is 0 Å². The monoisotopic (exact) mass is 413 g/mol. The van der Waals surface area contributed by atoms with E-state index in [-0.39, 0.29) is 11.8 Å². The van der Waals surface area contributed by atoms with E-state index in [1.54, 1.807) is 19.5 Å². The largest absolute Gasteiger partial charge is 0.497 e. The van der Waals surface area contributed by atoms with Crippen molar-refractivity contribution in [3.05, 3.63) is 95.4 Å². The third-order valence-electron chi connectivity index (χ3n) is 5.71. The molecule has 0 saturated carbocycles. The molecule has 0 fully saturated rings. The average Bonchev–Trinajstić information content (AvgIpc) is 3.26. The molecule has 4 aromatic rings. The zero-order valence-electron chi connectivity index (χ0n) is 17.9. The summed E-state index contributed by atoms with van der Waals surface area (Å²) in [4.78, 5) is 20.5. The number of carbonyl (C=O) groups excluding carboxylic acids is 1. The molecule has 0 saturated heterocycles. The lowest BCUT2D eigenvalue weighted by Crippen LogP contribution is -2.25. The fourth-order valence-electron chi connectivity index (χ4n) is 4.03. The Kier molecular flexibility index (Phi) is 6.32. The highest BCUT2D eigenvalue weighted by Gasteiger charge is 2.22. The molecule has 0 aliphatic carbocycles. The minimum absolute atomic E-state index is 0.00525.